The second-order valence-electron chi connectivity index (χ2n) is 4.89. The minimum atomic E-state index is -0.784. The third kappa shape index (κ3) is 2.43. The molecule has 0 saturated carbocycles. The number of rotatable bonds is 4. The average molecular weight is 265 g/mol. The summed E-state index contributed by atoms with van der Waals surface area (Å²) in [6.45, 7) is 0. The van der Waals surface area contributed by atoms with Crippen LogP contribution in [0.3, 0.4) is 0 Å². The summed E-state index contributed by atoms with van der Waals surface area (Å²) in [5, 5.41) is 10.3. The van der Waals surface area contributed by atoms with Gasteiger partial charge in [-0.25, -0.2) is 0 Å². The molecule has 0 aliphatic heterocycles. The number of aliphatic carboxylic acids is 1. The van der Waals surface area contributed by atoms with Gasteiger partial charge in [-0.3, -0.25) is 4.79 Å². The topological polar surface area (TPSA) is 53.1 Å². The number of benzene rings is 2. The molecule has 0 saturated heterocycles. The summed E-state index contributed by atoms with van der Waals surface area (Å²) in [7, 11) is 0. The van der Waals surface area contributed by atoms with Crippen LogP contribution in [-0.4, -0.2) is 16.1 Å². The molecule has 1 atom stereocenters. The second kappa shape index (κ2) is 5.21. The van der Waals surface area contributed by atoms with Crippen molar-refractivity contribution in [3.8, 4) is 0 Å². The van der Waals surface area contributed by atoms with Gasteiger partial charge in [-0.05, 0) is 34.7 Å². The van der Waals surface area contributed by atoms with Gasteiger partial charge in [0, 0.05) is 17.6 Å². The van der Waals surface area contributed by atoms with Gasteiger partial charge in [0.25, 0.3) is 0 Å². The van der Waals surface area contributed by atoms with E-state index in [1.54, 1.807) is 0 Å². The number of hydrogen-bond acceptors (Lipinski definition) is 1. The number of nitrogens with one attached hydrogen (secondary N) is 1. The third-order valence-electron chi connectivity index (χ3n) is 3.56. The van der Waals surface area contributed by atoms with E-state index in [4.69, 9.17) is 0 Å². The highest BCUT2D eigenvalue weighted by atomic mass is 16.4. The maximum Gasteiger partial charge on any atom is 0.304 e. The van der Waals surface area contributed by atoms with E-state index in [1.165, 1.54) is 0 Å². The quantitative estimate of drug-likeness (QED) is 0.754. The Hall–Kier alpha value is -2.55. The van der Waals surface area contributed by atoms with Crippen molar-refractivity contribution >= 4 is 16.9 Å². The summed E-state index contributed by atoms with van der Waals surface area (Å²) in [6.07, 6.45) is 1.99. The van der Waals surface area contributed by atoms with Crippen molar-refractivity contribution in [2.24, 2.45) is 0 Å². The van der Waals surface area contributed by atoms with E-state index < -0.39 is 5.97 Å². The van der Waals surface area contributed by atoms with Crippen LogP contribution in [0.25, 0.3) is 10.9 Å². The predicted molar refractivity (Wildman–Crippen MR) is 78.8 cm³/mol. The molecule has 3 nitrogen and oxygen atoms in total. The molecule has 0 radical (unpaired) electrons. The first kappa shape index (κ1) is 12.5. The van der Waals surface area contributed by atoms with Gasteiger partial charge in [0.2, 0.25) is 0 Å². The fourth-order valence-electron chi connectivity index (χ4n) is 2.58. The minimum absolute atomic E-state index is 0.0972. The van der Waals surface area contributed by atoms with Gasteiger partial charge in [0.1, 0.15) is 0 Å². The van der Waals surface area contributed by atoms with E-state index in [-0.39, 0.29) is 12.3 Å². The van der Waals surface area contributed by atoms with Gasteiger partial charge in [-0.1, -0.05) is 36.4 Å². The lowest BCUT2D eigenvalue weighted by Crippen LogP contribution is -2.07. The van der Waals surface area contributed by atoms with Crippen molar-refractivity contribution in [3.05, 3.63) is 71.9 Å². The molecule has 0 bridgehead atoms. The Morgan fingerprint density at radius 3 is 2.60 bits per heavy atom. The first-order valence-corrected chi connectivity index (χ1v) is 6.58. The Morgan fingerprint density at radius 1 is 1.05 bits per heavy atom. The van der Waals surface area contributed by atoms with E-state index in [1.807, 2.05) is 54.7 Å². The monoisotopic (exact) mass is 265 g/mol. The lowest BCUT2D eigenvalue weighted by atomic mass is 9.88. The number of carbonyl (C=O) groups is 1. The van der Waals surface area contributed by atoms with Gasteiger partial charge in [0.05, 0.1) is 6.42 Å². The Kier molecular flexibility index (Phi) is 3.25. The zero-order valence-corrected chi connectivity index (χ0v) is 10.9. The molecule has 0 amide bonds. The molecule has 3 rings (SSSR count). The van der Waals surface area contributed by atoms with Crippen molar-refractivity contribution in [3.63, 3.8) is 0 Å². The maximum atomic E-state index is 11.2. The van der Waals surface area contributed by atoms with Crippen molar-refractivity contribution in [1.29, 1.82) is 0 Å². The van der Waals surface area contributed by atoms with Crippen molar-refractivity contribution < 1.29 is 9.90 Å². The van der Waals surface area contributed by atoms with Gasteiger partial charge < -0.3 is 10.1 Å². The molecule has 0 aliphatic rings. The van der Waals surface area contributed by atoms with Crippen LogP contribution in [0.1, 0.15) is 23.5 Å². The first-order valence-electron chi connectivity index (χ1n) is 6.58. The molecule has 100 valence electrons. The van der Waals surface area contributed by atoms with E-state index in [0.717, 1.165) is 22.0 Å². The molecule has 3 aromatic rings. The summed E-state index contributed by atoms with van der Waals surface area (Å²) in [5.74, 6) is -0.902. The average Bonchev–Trinajstić information content (AvgIpc) is 2.93. The van der Waals surface area contributed by atoms with Crippen LogP contribution in [0, 0.1) is 0 Å². The van der Waals surface area contributed by atoms with Gasteiger partial charge in [-0.2, -0.15) is 0 Å². The van der Waals surface area contributed by atoms with Crippen LogP contribution in [-0.2, 0) is 4.79 Å². The van der Waals surface area contributed by atoms with Crippen LogP contribution in [0.2, 0.25) is 0 Å². The number of aromatic nitrogens is 1. The Labute approximate surface area is 116 Å². The standard InChI is InChI=1S/C17H15NO2/c19-17(20)11-15(12-4-2-1-3-5-12)13-6-7-16-14(10-13)8-9-18-16/h1-10,15,18H,11H2,(H,19,20)/t15-/m1/s1. The van der Waals surface area contributed by atoms with Crippen LogP contribution >= 0.6 is 0 Å². The molecule has 0 unspecified atom stereocenters. The summed E-state index contributed by atoms with van der Waals surface area (Å²) in [4.78, 5) is 14.3. The fourth-order valence-corrected chi connectivity index (χ4v) is 2.58. The predicted octanol–water partition coefficient (Wildman–Crippen LogP) is 3.77. The van der Waals surface area contributed by atoms with Gasteiger partial charge >= 0.3 is 5.97 Å². The molecule has 3 heteroatoms. The third-order valence-corrected chi connectivity index (χ3v) is 3.56. The highest BCUT2D eigenvalue weighted by molar-refractivity contribution is 5.80. The zero-order valence-electron chi connectivity index (χ0n) is 10.9. The number of hydrogen-bond donors (Lipinski definition) is 2. The van der Waals surface area contributed by atoms with Crippen molar-refractivity contribution in [2.45, 2.75) is 12.3 Å². The SMILES string of the molecule is O=C(O)C[C@H](c1ccccc1)c1ccc2[nH]ccc2c1. The van der Waals surface area contributed by atoms with E-state index in [0.29, 0.717) is 0 Å². The minimum Gasteiger partial charge on any atom is -0.481 e. The summed E-state index contributed by atoms with van der Waals surface area (Å²) < 4.78 is 0. The molecule has 0 fully saturated rings. The summed E-state index contributed by atoms with van der Waals surface area (Å²) in [6, 6.07) is 17.9. The largest absolute Gasteiger partial charge is 0.481 e. The Morgan fingerprint density at radius 2 is 1.85 bits per heavy atom. The molecule has 1 heterocycles. The van der Waals surface area contributed by atoms with Crippen LogP contribution in [0.4, 0.5) is 0 Å². The Balaban J connectivity index is 2.06. The molecular weight excluding hydrogens is 250 g/mol. The fraction of sp³-hybridized carbons (Fsp3) is 0.118. The smallest absolute Gasteiger partial charge is 0.304 e. The summed E-state index contributed by atoms with van der Waals surface area (Å²) >= 11 is 0. The second-order valence-corrected chi connectivity index (χ2v) is 4.89. The van der Waals surface area contributed by atoms with Gasteiger partial charge in [-0.15, -0.1) is 0 Å². The van der Waals surface area contributed by atoms with E-state index in [2.05, 4.69) is 11.1 Å². The highest BCUT2D eigenvalue weighted by Crippen LogP contribution is 2.30. The highest BCUT2D eigenvalue weighted by Gasteiger charge is 2.18. The molecular formula is C17H15NO2. The van der Waals surface area contributed by atoms with Crippen LogP contribution in [0.5, 0.6) is 0 Å². The van der Waals surface area contributed by atoms with Crippen molar-refractivity contribution in [2.75, 3.05) is 0 Å². The molecule has 2 aromatic carbocycles. The van der Waals surface area contributed by atoms with Crippen LogP contribution < -0.4 is 0 Å². The van der Waals surface area contributed by atoms with Crippen LogP contribution in [0.15, 0.2) is 60.8 Å². The normalized spacial score (nSPS) is 12.4. The molecule has 20 heavy (non-hydrogen) atoms. The Bertz CT molecular complexity index is 731. The number of H-pyrrole nitrogens is 1. The summed E-state index contributed by atoms with van der Waals surface area (Å²) in [5.41, 5.74) is 3.13. The maximum absolute atomic E-state index is 11.2. The first-order chi connectivity index (χ1) is 9.74. The number of fused-ring (bicyclic) bond motifs is 1. The molecule has 2 N–H and O–H groups in total. The van der Waals surface area contributed by atoms with E-state index in [9.17, 15) is 9.90 Å². The molecule has 1 aromatic heterocycles. The lowest BCUT2D eigenvalue weighted by molar-refractivity contribution is -0.137. The number of carboxylic acid groups (broad SMARTS) is 1. The van der Waals surface area contributed by atoms with E-state index >= 15 is 0 Å². The molecule has 0 aliphatic carbocycles. The zero-order chi connectivity index (χ0) is 13.9. The van der Waals surface area contributed by atoms with Gasteiger partial charge in [0.15, 0.2) is 0 Å². The lowest BCUT2D eigenvalue weighted by Gasteiger charge is -2.16. The van der Waals surface area contributed by atoms with Crippen molar-refractivity contribution in [1.82, 2.24) is 4.98 Å². The number of aromatic amines is 1. The molecule has 0 spiro atoms. The number of carboxylic acids is 1.